The molecule has 1 heterocycles. The second-order valence-electron chi connectivity index (χ2n) is 8.49. The number of hydrogen-bond donors (Lipinski definition) is 2. The molecule has 5 nitrogen and oxygen atoms in total. The number of hydrogen-bond acceptors (Lipinski definition) is 4. The van der Waals surface area contributed by atoms with E-state index >= 15 is 0 Å². The van der Waals surface area contributed by atoms with Gasteiger partial charge in [0, 0.05) is 11.5 Å². The van der Waals surface area contributed by atoms with Crippen LogP contribution < -0.4 is 5.73 Å². The number of aromatic nitrogens is 4. The zero-order chi connectivity index (χ0) is 15.9. The number of tetrazole rings is 1. The van der Waals surface area contributed by atoms with E-state index in [2.05, 4.69) is 27.5 Å². The minimum atomic E-state index is 0.0651. The molecule has 0 aromatic carbocycles. The molecule has 1 aromatic heterocycles. The second-order valence-corrected chi connectivity index (χ2v) is 8.49. The number of nitrogens with one attached hydrogen (secondary N) is 1. The molecule has 0 radical (unpaired) electrons. The molecule has 0 bridgehead atoms. The minimum absolute atomic E-state index is 0.0651. The molecule has 3 N–H and O–H groups in total. The first-order valence-corrected chi connectivity index (χ1v) is 9.71. The molecular formula is C18H31N5. The fraction of sp³-hybridized carbons (Fsp3) is 0.944. The van der Waals surface area contributed by atoms with Gasteiger partial charge in [0.25, 0.3) is 0 Å². The van der Waals surface area contributed by atoms with Gasteiger partial charge in [-0.2, -0.15) is 5.21 Å². The predicted molar refractivity (Wildman–Crippen MR) is 89.6 cm³/mol. The summed E-state index contributed by atoms with van der Waals surface area (Å²) in [6.07, 6.45) is 13.4. The van der Waals surface area contributed by atoms with Gasteiger partial charge in [0.1, 0.15) is 0 Å². The molecule has 0 amide bonds. The Morgan fingerprint density at radius 2 is 1.70 bits per heavy atom. The summed E-state index contributed by atoms with van der Waals surface area (Å²) in [6, 6.07) is 0.191. The number of rotatable bonds is 3. The van der Waals surface area contributed by atoms with E-state index in [1.807, 2.05) is 0 Å². The standard InChI is InChI=1S/C18H31N5/c1-12(19)11-18(17-20-22-23-21-17)15-8-4-2-6-13(15)10-14-7-3-5-9-16(14)18/h12-16H,2-11,19H2,1H3,(H,20,21,22,23)/t12-,13?,14?,15?,16?,18?/m1/s1. The Kier molecular flexibility index (Phi) is 4.16. The highest BCUT2D eigenvalue weighted by Crippen LogP contribution is 2.61. The van der Waals surface area contributed by atoms with E-state index in [0.717, 1.165) is 24.1 Å². The normalized spacial score (nSPS) is 41.8. The van der Waals surface area contributed by atoms with E-state index in [1.54, 1.807) is 0 Å². The molecule has 1 aromatic rings. The highest BCUT2D eigenvalue weighted by atomic mass is 15.5. The van der Waals surface area contributed by atoms with Gasteiger partial charge in [-0.05, 0) is 56.3 Å². The number of aromatic amines is 1. The van der Waals surface area contributed by atoms with E-state index in [1.165, 1.54) is 57.8 Å². The summed E-state index contributed by atoms with van der Waals surface area (Å²) in [7, 11) is 0. The Balaban J connectivity index is 1.82. The lowest BCUT2D eigenvalue weighted by atomic mass is 9.46. The maximum atomic E-state index is 6.37. The van der Waals surface area contributed by atoms with Crippen LogP contribution in [0.15, 0.2) is 0 Å². The Bertz CT molecular complexity index is 489. The van der Waals surface area contributed by atoms with E-state index in [-0.39, 0.29) is 11.5 Å². The van der Waals surface area contributed by atoms with Crippen molar-refractivity contribution in [1.82, 2.24) is 20.6 Å². The highest BCUT2D eigenvalue weighted by Gasteiger charge is 2.58. The molecule has 3 fully saturated rings. The van der Waals surface area contributed by atoms with Crippen LogP contribution in [0.1, 0.15) is 77.0 Å². The van der Waals surface area contributed by atoms with Crippen LogP contribution in [0.2, 0.25) is 0 Å². The van der Waals surface area contributed by atoms with Gasteiger partial charge < -0.3 is 5.73 Å². The molecule has 5 atom stereocenters. The van der Waals surface area contributed by atoms with Gasteiger partial charge in [-0.25, -0.2) is 0 Å². The Morgan fingerprint density at radius 3 is 2.22 bits per heavy atom. The lowest BCUT2D eigenvalue weighted by Gasteiger charge is -2.58. The van der Waals surface area contributed by atoms with Crippen molar-refractivity contribution < 1.29 is 0 Å². The molecule has 5 heteroatoms. The van der Waals surface area contributed by atoms with Crippen molar-refractivity contribution in [3.05, 3.63) is 5.82 Å². The van der Waals surface area contributed by atoms with Crippen molar-refractivity contribution in [2.45, 2.75) is 82.6 Å². The first kappa shape index (κ1) is 15.6. The largest absolute Gasteiger partial charge is 0.328 e. The maximum absolute atomic E-state index is 6.37. The molecule has 0 saturated heterocycles. The summed E-state index contributed by atoms with van der Waals surface area (Å²) in [5.41, 5.74) is 6.44. The summed E-state index contributed by atoms with van der Waals surface area (Å²) < 4.78 is 0. The van der Waals surface area contributed by atoms with Crippen LogP contribution in [0.25, 0.3) is 0 Å². The summed E-state index contributed by atoms with van der Waals surface area (Å²) in [5, 5.41) is 15.8. The average molecular weight is 317 g/mol. The fourth-order valence-corrected chi connectivity index (χ4v) is 6.62. The second kappa shape index (κ2) is 6.15. The van der Waals surface area contributed by atoms with Gasteiger partial charge in [-0.1, -0.05) is 43.7 Å². The molecule has 128 valence electrons. The molecule has 3 aliphatic carbocycles. The van der Waals surface area contributed by atoms with Crippen molar-refractivity contribution in [2.24, 2.45) is 29.4 Å². The minimum Gasteiger partial charge on any atom is -0.328 e. The van der Waals surface area contributed by atoms with Crippen LogP contribution in [-0.4, -0.2) is 26.7 Å². The molecule has 3 saturated carbocycles. The Morgan fingerprint density at radius 1 is 1.09 bits per heavy atom. The topological polar surface area (TPSA) is 80.5 Å². The van der Waals surface area contributed by atoms with Crippen LogP contribution >= 0.6 is 0 Å². The third-order valence-electron chi connectivity index (χ3n) is 7.17. The van der Waals surface area contributed by atoms with Gasteiger partial charge in [0.2, 0.25) is 0 Å². The SMILES string of the molecule is C[C@@H](N)CC1(c2nn[nH]n2)C2CCCCC2CC2CCCCC21. The van der Waals surface area contributed by atoms with Crippen molar-refractivity contribution >= 4 is 0 Å². The molecule has 0 aliphatic heterocycles. The quantitative estimate of drug-likeness (QED) is 0.897. The number of H-pyrrole nitrogens is 1. The fourth-order valence-electron chi connectivity index (χ4n) is 6.62. The summed E-state index contributed by atoms with van der Waals surface area (Å²) in [5.74, 6) is 4.09. The third-order valence-corrected chi connectivity index (χ3v) is 7.17. The van der Waals surface area contributed by atoms with Crippen LogP contribution in [-0.2, 0) is 5.41 Å². The zero-order valence-corrected chi connectivity index (χ0v) is 14.4. The van der Waals surface area contributed by atoms with Gasteiger partial charge in [0.05, 0.1) is 0 Å². The Labute approximate surface area is 139 Å². The monoisotopic (exact) mass is 317 g/mol. The maximum Gasteiger partial charge on any atom is 0.181 e. The van der Waals surface area contributed by atoms with E-state index in [0.29, 0.717) is 11.8 Å². The molecule has 4 rings (SSSR count). The van der Waals surface area contributed by atoms with Crippen molar-refractivity contribution in [3.63, 3.8) is 0 Å². The molecule has 23 heavy (non-hydrogen) atoms. The average Bonchev–Trinajstić information content (AvgIpc) is 3.09. The molecule has 3 aliphatic rings. The van der Waals surface area contributed by atoms with Crippen LogP contribution in [0.5, 0.6) is 0 Å². The highest BCUT2D eigenvalue weighted by molar-refractivity contribution is 5.18. The number of fused-ring (bicyclic) bond motifs is 2. The van der Waals surface area contributed by atoms with Crippen molar-refractivity contribution in [2.75, 3.05) is 0 Å². The van der Waals surface area contributed by atoms with Crippen LogP contribution in [0.4, 0.5) is 0 Å². The first-order chi connectivity index (χ1) is 11.2. The van der Waals surface area contributed by atoms with Crippen molar-refractivity contribution in [3.8, 4) is 0 Å². The first-order valence-electron chi connectivity index (χ1n) is 9.71. The summed E-state index contributed by atoms with van der Waals surface area (Å²) >= 11 is 0. The van der Waals surface area contributed by atoms with Gasteiger partial charge in [-0.3, -0.25) is 0 Å². The van der Waals surface area contributed by atoms with E-state index < -0.39 is 0 Å². The van der Waals surface area contributed by atoms with Crippen LogP contribution in [0.3, 0.4) is 0 Å². The molecular weight excluding hydrogens is 286 g/mol. The van der Waals surface area contributed by atoms with E-state index in [4.69, 9.17) is 5.73 Å². The summed E-state index contributed by atoms with van der Waals surface area (Å²) in [4.78, 5) is 0. The van der Waals surface area contributed by atoms with Crippen LogP contribution in [0, 0.1) is 23.7 Å². The molecule has 4 unspecified atom stereocenters. The Hall–Kier alpha value is -0.970. The van der Waals surface area contributed by atoms with E-state index in [9.17, 15) is 0 Å². The third kappa shape index (κ3) is 2.51. The number of nitrogens with two attached hydrogens (primary N) is 1. The van der Waals surface area contributed by atoms with Gasteiger partial charge in [-0.15, -0.1) is 10.2 Å². The lowest BCUT2D eigenvalue weighted by Crippen LogP contribution is -2.56. The number of nitrogens with zero attached hydrogens (tertiary/aromatic N) is 3. The molecule has 0 spiro atoms. The van der Waals surface area contributed by atoms with Gasteiger partial charge >= 0.3 is 0 Å². The predicted octanol–water partition coefficient (Wildman–Crippen LogP) is 3.19. The smallest absolute Gasteiger partial charge is 0.181 e. The lowest BCUT2D eigenvalue weighted by molar-refractivity contribution is -0.0503. The zero-order valence-electron chi connectivity index (χ0n) is 14.4. The van der Waals surface area contributed by atoms with Gasteiger partial charge in [0.15, 0.2) is 5.82 Å². The van der Waals surface area contributed by atoms with Crippen molar-refractivity contribution in [1.29, 1.82) is 0 Å². The summed E-state index contributed by atoms with van der Waals surface area (Å²) in [6.45, 7) is 2.16.